The fraction of sp³-hybridized carbons (Fsp3) is 0.500. The third kappa shape index (κ3) is 3.00. The highest BCUT2D eigenvalue weighted by molar-refractivity contribution is 5.93. The van der Waals surface area contributed by atoms with Crippen LogP contribution >= 0.6 is 0 Å². The first-order chi connectivity index (χ1) is 8.16. The molecule has 1 aliphatic rings. The van der Waals surface area contributed by atoms with Crippen LogP contribution in [0, 0.1) is 5.95 Å². The van der Waals surface area contributed by atoms with E-state index < -0.39 is 5.95 Å². The molecule has 1 amide bonds. The summed E-state index contributed by atoms with van der Waals surface area (Å²) in [6.07, 6.45) is 3.41. The summed E-state index contributed by atoms with van der Waals surface area (Å²) in [5, 5.41) is 0. The molecule has 0 aliphatic carbocycles. The van der Waals surface area contributed by atoms with Crippen LogP contribution in [-0.4, -0.2) is 42.1 Å². The molecule has 0 radical (unpaired) electrons. The molecule has 0 bridgehead atoms. The standard InChI is InChI=1S/C12H15FN2O2/c1-15(8-10-3-2-6-17-10)12(16)9-4-5-14-11(13)7-9/h4-5,7,10H,2-3,6,8H2,1H3. The minimum atomic E-state index is -0.638. The largest absolute Gasteiger partial charge is 0.376 e. The Bertz CT molecular complexity index is 405. The smallest absolute Gasteiger partial charge is 0.253 e. The molecular formula is C12H15FN2O2. The lowest BCUT2D eigenvalue weighted by Crippen LogP contribution is -2.34. The second kappa shape index (κ2) is 5.23. The molecular weight excluding hydrogens is 223 g/mol. The minimum Gasteiger partial charge on any atom is -0.376 e. The van der Waals surface area contributed by atoms with Crippen LogP contribution in [0.25, 0.3) is 0 Å². The monoisotopic (exact) mass is 238 g/mol. The number of rotatable bonds is 3. The van der Waals surface area contributed by atoms with Crippen LogP contribution in [-0.2, 0) is 4.74 Å². The van der Waals surface area contributed by atoms with E-state index in [-0.39, 0.29) is 12.0 Å². The van der Waals surface area contributed by atoms with E-state index in [1.54, 1.807) is 11.9 Å². The van der Waals surface area contributed by atoms with Gasteiger partial charge in [-0.05, 0) is 18.9 Å². The van der Waals surface area contributed by atoms with Crippen molar-refractivity contribution in [2.75, 3.05) is 20.2 Å². The number of amides is 1. The molecule has 0 spiro atoms. The van der Waals surface area contributed by atoms with Crippen LogP contribution in [0.4, 0.5) is 4.39 Å². The summed E-state index contributed by atoms with van der Waals surface area (Å²) in [5.74, 6) is -0.844. The maximum atomic E-state index is 12.9. The Kier molecular flexibility index (Phi) is 3.68. The number of carbonyl (C=O) groups excluding carboxylic acids is 1. The van der Waals surface area contributed by atoms with Gasteiger partial charge in [-0.3, -0.25) is 4.79 Å². The molecule has 0 saturated carbocycles. The van der Waals surface area contributed by atoms with Gasteiger partial charge in [-0.15, -0.1) is 0 Å². The Morgan fingerprint density at radius 2 is 2.53 bits per heavy atom. The van der Waals surface area contributed by atoms with E-state index in [9.17, 15) is 9.18 Å². The van der Waals surface area contributed by atoms with Crippen molar-refractivity contribution >= 4 is 5.91 Å². The molecule has 2 rings (SSSR count). The summed E-state index contributed by atoms with van der Waals surface area (Å²) in [4.78, 5) is 16.9. The highest BCUT2D eigenvalue weighted by atomic mass is 19.1. The Labute approximate surface area is 99.4 Å². The zero-order valence-corrected chi connectivity index (χ0v) is 9.73. The van der Waals surface area contributed by atoms with Crippen LogP contribution in [0.15, 0.2) is 18.3 Å². The lowest BCUT2D eigenvalue weighted by atomic mass is 10.2. The van der Waals surface area contributed by atoms with Crippen molar-refractivity contribution in [2.45, 2.75) is 18.9 Å². The van der Waals surface area contributed by atoms with Gasteiger partial charge >= 0.3 is 0 Å². The third-order valence-electron chi connectivity index (χ3n) is 2.82. The Morgan fingerprint density at radius 3 is 3.18 bits per heavy atom. The molecule has 1 saturated heterocycles. The molecule has 1 atom stereocenters. The van der Waals surface area contributed by atoms with Crippen molar-refractivity contribution in [1.82, 2.24) is 9.88 Å². The summed E-state index contributed by atoms with van der Waals surface area (Å²) in [7, 11) is 1.70. The van der Waals surface area contributed by atoms with Crippen molar-refractivity contribution < 1.29 is 13.9 Å². The average molecular weight is 238 g/mol. The number of halogens is 1. The molecule has 17 heavy (non-hydrogen) atoms. The fourth-order valence-corrected chi connectivity index (χ4v) is 1.93. The lowest BCUT2D eigenvalue weighted by molar-refractivity contribution is 0.0586. The number of ether oxygens (including phenoxy) is 1. The Hall–Kier alpha value is -1.49. The Balaban J connectivity index is 1.98. The first kappa shape index (κ1) is 12.0. The number of pyridine rings is 1. The highest BCUT2D eigenvalue weighted by Gasteiger charge is 2.20. The van der Waals surface area contributed by atoms with E-state index in [4.69, 9.17) is 4.74 Å². The van der Waals surface area contributed by atoms with Crippen molar-refractivity contribution in [3.63, 3.8) is 0 Å². The molecule has 4 nitrogen and oxygen atoms in total. The van der Waals surface area contributed by atoms with E-state index in [0.717, 1.165) is 25.5 Å². The zero-order valence-electron chi connectivity index (χ0n) is 9.73. The van der Waals surface area contributed by atoms with Gasteiger partial charge in [-0.25, -0.2) is 4.98 Å². The number of likely N-dealkylation sites (N-methyl/N-ethyl adjacent to an activating group) is 1. The van der Waals surface area contributed by atoms with Crippen molar-refractivity contribution in [3.05, 3.63) is 29.8 Å². The maximum Gasteiger partial charge on any atom is 0.253 e. The van der Waals surface area contributed by atoms with E-state index in [2.05, 4.69) is 4.98 Å². The first-order valence-electron chi connectivity index (χ1n) is 5.65. The number of carbonyl (C=O) groups is 1. The normalized spacial score (nSPS) is 19.3. The van der Waals surface area contributed by atoms with E-state index in [1.165, 1.54) is 12.3 Å². The average Bonchev–Trinajstić information content (AvgIpc) is 2.80. The van der Waals surface area contributed by atoms with E-state index in [0.29, 0.717) is 12.1 Å². The van der Waals surface area contributed by atoms with E-state index in [1.807, 2.05) is 0 Å². The number of hydrogen-bond acceptors (Lipinski definition) is 3. The highest BCUT2D eigenvalue weighted by Crippen LogP contribution is 2.14. The quantitative estimate of drug-likeness (QED) is 0.749. The fourth-order valence-electron chi connectivity index (χ4n) is 1.93. The first-order valence-corrected chi connectivity index (χ1v) is 5.65. The van der Waals surface area contributed by atoms with E-state index >= 15 is 0 Å². The molecule has 0 aromatic carbocycles. The SMILES string of the molecule is CN(CC1CCCO1)C(=O)c1ccnc(F)c1. The van der Waals surface area contributed by atoms with Crippen molar-refractivity contribution in [3.8, 4) is 0 Å². The molecule has 2 heterocycles. The summed E-state index contributed by atoms with van der Waals surface area (Å²) in [6.45, 7) is 1.30. The second-order valence-electron chi connectivity index (χ2n) is 4.19. The second-order valence-corrected chi connectivity index (χ2v) is 4.19. The van der Waals surface area contributed by atoms with Gasteiger partial charge in [-0.1, -0.05) is 0 Å². The van der Waals surface area contributed by atoms with Gasteiger partial charge in [0.05, 0.1) is 6.10 Å². The molecule has 1 fully saturated rings. The molecule has 1 unspecified atom stereocenters. The van der Waals surface area contributed by atoms with Gasteiger partial charge in [0.15, 0.2) is 0 Å². The summed E-state index contributed by atoms with van der Waals surface area (Å²) >= 11 is 0. The topological polar surface area (TPSA) is 42.4 Å². The molecule has 5 heteroatoms. The summed E-state index contributed by atoms with van der Waals surface area (Å²) in [6, 6.07) is 2.66. The van der Waals surface area contributed by atoms with Crippen molar-refractivity contribution in [1.29, 1.82) is 0 Å². The van der Waals surface area contributed by atoms with Gasteiger partial charge in [0.25, 0.3) is 5.91 Å². The predicted molar refractivity (Wildman–Crippen MR) is 60.1 cm³/mol. The number of hydrogen-bond donors (Lipinski definition) is 0. The molecule has 92 valence electrons. The zero-order chi connectivity index (χ0) is 12.3. The number of aromatic nitrogens is 1. The Morgan fingerprint density at radius 1 is 1.71 bits per heavy atom. The van der Waals surface area contributed by atoms with Crippen molar-refractivity contribution in [2.24, 2.45) is 0 Å². The van der Waals surface area contributed by atoms with Crippen LogP contribution in [0.3, 0.4) is 0 Å². The van der Waals surface area contributed by atoms with Gasteiger partial charge in [0.1, 0.15) is 0 Å². The predicted octanol–water partition coefficient (Wildman–Crippen LogP) is 1.47. The molecule has 1 aliphatic heterocycles. The van der Waals surface area contributed by atoms with Crippen LogP contribution in [0.2, 0.25) is 0 Å². The van der Waals surface area contributed by atoms with Gasteiger partial charge in [0.2, 0.25) is 5.95 Å². The van der Waals surface area contributed by atoms with Crippen LogP contribution < -0.4 is 0 Å². The number of nitrogens with zero attached hydrogens (tertiary/aromatic N) is 2. The lowest BCUT2D eigenvalue weighted by Gasteiger charge is -2.20. The van der Waals surface area contributed by atoms with Gasteiger partial charge in [0, 0.05) is 38.0 Å². The molecule has 0 N–H and O–H groups in total. The minimum absolute atomic E-state index is 0.107. The molecule has 1 aromatic heterocycles. The van der Waals surface area contributed by atoms with Crippen LogP contribution in [0.1, 0.15) is 23.2 Å². The van der Waals surface area contributed by atoms with Gasteiger partial charge < -0.3 is 9.64 Å². The summed E-state index contributed by atoms with van der Waals surface area (Å²) < 4.78 is 18.3. The maximum absolute atomic E-state index is 12.9. The third-order valence-corrected chi connectivity index (χ3v) is 2.82. The molecule has 1 aromatic rings. The summed E-state index contributed by atoms with van der Waals surface area (Å²) in [5.41, 5.74) is 0.318. The van der Waals surface area contributed by atoms with Crippen LogP contribution in [0.5, 0.6) is 0 Å². The van der Waals surface area contributed by atoms with Gasteiger partial charge in [-0.2, -0.15) is 4.39 Å².